The largest absolute Gasteiger partial charge is 0.386 e. The van der Waals surface area contributed by atoms with Gasteiger partial charge in [0.1, 0.15) is 5.82 Å². The molecule has 0 aliphatic carbocycles. The van der Waals surface area contributed by atoms with Gasteiger partial charge in [-0.1, -0.05) is 60.7 Å². The number of hydrogen-bond acceptors (Lipinski definition) is 6. The van der Waals surface area contributed by atoms with Crippen LogP contribution in [0.2, 0.25) is 0 Å². The zero-order chi connectivity index (χ0) is 22.8. The summed E-state index contributed by atoms with van der Waals surface area (Å²) in [6.45, 7) is 6.97. The van der Waals surface area contributed by atoms with E-state index >= 15 is 0 Å². The van der Waals surface area contributed by atoms with Crippen LogP contribution in [-0.4, -0.2) is 46.5 Å². The highest BCUT2D eigenvalue weighted by atomic mass is 35.5. The minimum Gasteiger partial charge on any atom is -0.386 e. The predicted octanol–water partition coefficient (Wildman–Crippen LogP) is 5.01. The van der Waals surface area contributed by atoms with Crippen molar-refractivity contribution in [1.82, 2.24) is 15.2 Å². The van der Waals surface area contributed by atoms with Crippen LogP contribution in [0.15, 0.2) is 72.9 Å². The van der Waals surface area contributed by atoms with Crippen molar-refractivity contribution in [3.8, 4) is 0 Å². The number of pyridine rings is 1. The second-order valence-corrected chi connectivity index (χ2v) is 9.12. The molecule has 1 saturated heterocycles. The maximum absolute atomic E-state index is 10.2. The molecular weight excluding hydrogens is 481 g/mol. The Labute approximate surface area is 218 Å². The molecule has 0 unspecified atom stereocenters. The summed E-state index contributed by atoms with van der Waals surface area (Å²) in [5.41, 5.74) is 2.19. The number of benzene rings is 2. The Morgan fingerprint density at radius 2 is 1.40 bits per heavy atom. The minimum atomic E-state index is -0.878. The molecule has 4 aromatic rings. The number of nitrogens with zero attached hydrogens (tertiary/aromatic N) is 5. The molecular formula is C27H31Cl2N5O. The number of fused-ring (bicyclic) bond motifs is 1. The van der Waals surface area contributed by atoms with E-state index in [1.807, 2.05) is 18.2 Å². The van der Waals surface area contributed by atoms with E-state index in [4.69, 9.17) is 0 Å². The number of piperazine rings is 1. The van der Waals surface area contributed by atoms with E-state index in [1.165, 1.54) is 5.56 Å². The first kappa shape index (κ1) is 26.7. The van der Waals surface area contributed by atoms with Crippen LogP contribution in [0.4, 0.5) is 11.6 Å². The van der Waals surface area contributed by atoms with Gasteiger partial charge in [-0.05, 0) is 25.5 Å². The zero-order valence-electron chi connectivity index (χ0n) is 20.0. The lowest BCUT2D eigenvalue weighted by molar-refractivity contribution is 0.0782. The summed E-state index contributed by atoms with van der Waals surface area (Å²) >= 11 is 0. The van der Waals surface area contributed by atoms with Gasteiger partial charge >= 0.3 is 0 Å². The van der Waals surface area contributed by atoms with Gasteiger partial charge in [-0.2, -0.15) is 5.10 Å². The van der Waals surface area contributed by atoms with Crippen molar-refractivity contribution in [2.75, 3.05) is 36.0 Å². The fourth-order valence-corrected chi connectivity index (χ4v) is 4.38. The highest BCUT2D eigenvalue weighted by Crippen LogP contribution is 2.28. The molecule has 0 bridgehead atoms. The van der Waals surface area contributed by atoms with E-state index in [9.17, 15) is 5.11 Å². The van der Waals surface area contributed by atoms with Gasteiger partial charge in [0.05, 0.1) is 11.3 Å². The Balaban J connectivity index is 0.00000171. The van der Waals surface area contributed by atoms with Crippen LogP contribution >= 0.6 is 24.8 Å². The van der Waals surface area contributed by atoms with Crippen LogP contribution in [-0.2, 0) is 12.0 Å². The van der Waals surface area contributed by atoms with Gasteiger partial charge in [0, 0.05) is 55.1 Å². The molecule has 3 heterocycles. The van der Waals surface area contributed by atoms with Gasteiger partial charge < -0.3 is 14.9 Å². The molecule has 5 rings (SSSR count). The fourth-order valence-electron chi connectivity index (χ4n) is 4.38. The third-order valence-corrected chi connectivity index (χ3v) is 6.32. The molecule has 0 atom stereocenters. The Morgan fingerprint density at radius 1 is 0.771 bits per heavy atom. The molecule has 1 fully saturated rings. The van der Waals surface area contributed by atoms with Crippen molar-refractivity contribution in [1.29, 1.82) is 0 Å². The Morgan fingerprint density at radius 3 is 2.03 bits per heavy atom. The summed E-state index contributed by atoms with van der Waals surface area (Å²) < 4.78 is 0. The standard InChI is InChI=1S/C27H29N5O.2ClH/c1-27(2,33)21-12-13-25(28-19-21)31-14-16-32(17-15-31)26-23-11-7-6-10-22(23)24(29-30-26)18-20-8-4-3-5-9-20;;/h3-13,19,33H,14-18H2,1-2H3;2*1H. The number of halogens is 2. The summed E-state index contributed by atoms with van der Waals surface area (Å²) in [6.07, 6.45) is 2.54. The lowest BCUT2D eigenvalue weighted by Crippen LogP contribution is -2.47. The lowest BCUT2D eigenvalue weighted by atomic mass is 10.0. The topological polar surface area (TPSA) is 65.4 Å². The molecule has 184 valence electrons. The first-order valence-electron chi connectivity index (χ1n) is 11.5. The van der Waals surface area contributed by atoms with Crippen molar-refractivity contribution in [2.45, 2.75) is 25.9 Å². The molecule has 2 aromatic heterocycles. The molecule has 35 heavy (non-hydrogen) atoms. The van der Waals surface area contributed by atoms with E-state index in [0.29, 0.717) is 0 Å². The average Bonchev–Trinajstić information content (AvgIpc) is 2.85. The summed E-state index contributed by atoms with van der Waals surface area (Å²) in [5.74, 6) is 1.89. The van der Waals surface area contributed by atoms with E-state index in [-0.39, 0.29) is 24.8 Å². The Kier molecular flexibility index (Phi) is 8.54. The smallest absolute Gasteiger partial charge is 0.159 e. The van der Waals surface area contributed by atoms with Crippen LogP contribution in [0, 0.1) is 0 Å². The third-order valence-electron chi connectivity index (χ3n) is 6.32. The van der Waals surface area contributed by atoms with Gasteiger partial charge in [-0.25, -0.2) is 4.98 Å². The monoisotopic (exact) mass is 511 g/mol. The number of anilines is 2. The third kappa shape index (κ3) is 5.84. The van der Waals surface area contributed by atoms with Crippen molar-refractivity contribution >= 4 is 47.2 Å². The average molecular weight is 512 g/mol. The normalized spacial score (nSPS) is 13.8. The van der Waals surface area contributed by atoms with Crippen molar-refractivity contribution < 1.29 is 5.11 Å². The molecule has 0 radical (unpaired) electrons. The molecule has 6 nitrogen and oxygen atoms in total. The Hall–Kier alpha value is -2.93. The molecule has 1 aliphatic heterocycles. The lowest BCUT2D eigenvalue weighted by Gasteiger charge is -2.36. The first-order valence-corrected chi connectivity index (χ1v) is 11.5. The van der Waals surface area contributed by atoms with Gasteiger partial charge in [0.25, 0.3) is 0 Å². The molecule has 1 N–H and O–H groups in total. The number of hydrogen-bond donors (Lipinski definition) is 1. The second-order valence-electron chi connectivity index (χ2n) is 9.12. The summed E-state index contributed by atoms with van der Waals surface area (Å²) in [4.78, 5) is 9.19. The first-order chi connectivity index (χ1) is 16.0. The van der Waals surface area contributed by atoms with E-state index in [0.717, 1.165) is 66.3 Å². The van der Waals surface area contributed by atoms with Crippen molar-refractivity contribution in [3.63, 3.8) is 0 Å². The predicted molar refractivity (Wildman–Crippen MR) is 147 cm³/mol. The van der Waals surface area contributed by atoms with Crippen LogP contribution in [0.3, 0.4) is 0 Å². The van der Waals surface area contributed by atoms with E-state index in [1.54, 1.807) is 20.0 Å². The van der Waals surface area contributed by atoms with Crippen molar-refractivity contribution in [3.05, 3.63) is 89.7 Å². The number of aliphatic hydroxyl groups is 1. The van der Waals surface area contributed by atoms with Crippen LogP contribution < -0.4 is 9.80 Å². The summed E-state index contributed by atoms with van der Waals surface area (Å²) in [7, 11) is 0. The maximum Gasteiger partial charge on any atom is 0.159 e. The summed E-state index contributed by atoms with van der Waals surface area (Å²) in [6, 6.07) is 22.8. The van der Waals surface area contributed by atoms with Gasteiger partial charge in [-0.15, -0.1) is 29.9 Å². The fraction of sp³-hybridized carbons (Fsp3) is 0.296. The maximum atomic E-state index is 10.2. The molecule has 2 aromatic carbocycles. The zero-order valence-corrected chi connectivity index (χ0v) is 21.6. The number of rotatable bonds is 5. The van der Waals surface area contributed by atoms with Crippen LogP contribution in [0.1, 0.15) is 30.7 Å². The van der Waals surface area contributed by atoms with Crippen LogP contribution in [0.25, 0.3) is 10.8 Å². The highest BCUT2D eigenvalue weighted by molar-refractivity contribution is 5.93. The second kappa shape index (κ2) is 11.2. The van der Waals surface area contributed by atoms with E-state index < -0.39 is 5.60 Å². The summed E-state index contributed by atoms with van der Waals surface area (Å²) in [5, 5.41) is 21.8. The van der Waals surface area contributed by atoms with Crippen molar-refractivity contribution in [2.24, 2.45) is 0 Å². The number of aromatic nitrogens is 3. The van der Waals surface area contributed by atoms with Gasteiger partial charge in [0.2, 0.25) is 0 Å². The van der Waals surface area contributed by atoms with E-state index in [2.05, 4.69) is 73.5 Å². The molecule has 8 heteroatoms. The quantitative estimate of drug-likeness (QED) is 0.406. The molecule has 0 spiro atoms. The van der Waals surface area contributed by atoms with Gasteiger partial charge in [-0.3, -0.25) is 0 Å². The molecule has 0 amide bonds. The Bertz CT molecular complexity index is 1240. The van der Waals surface area contributed by atoms with Gasteiger partial charge in [0.15, 0.2) is 5.82 Å². The highest BCUT2D eigenvalue weighted by Gasteiger charge is 2.23. The molecule has 1 aliphatic rings. The SMILES string of the molecule is CC(C)(O)c1ccc(N2CCN(c3nnc(Cc4ccccc4)c4ccccc34)CC2)nc1.Cl.Cl. The molecule has 0 saturated carbocycles. The minimum absolute atomic E-state index is 0. The van der Waals surface area contributed by atoms with Crippen LogP contribution in [0.5, 0.6) is 0 Å².